The molecule has 1 unspecified atom stereocenters. The molecule has 1 aliphatic heterocycles. The molecule has 92 valence electrons. The third-order valence-corrected chi connectivity index (χ3v) is 4.12. The maximum absolute atomic E-state index is 11.1. The van der Waals surface area contributed by atoms with Crippen molar-refractivity contribution in [3.05, 3.63) is 0 Å². The van der Waals surface area contributed by atoms with Crippen molar-refractivity contribution in [2.24, 2.45) is 5.92 Å². The standard InChI is InChI=1S/C13H23NO2/c15-13(16)12-8-5-9-14(12)10-11-6-3-1-2-4-7-11/h11-12H,1-10H2,(H,15,16). The van der Waals surface area contributed by atoms with Crippen LogP contribution in [-0.2, 0) is 4.79 Å². The van der Waals surface area contributed by atoms with Gasteiger partial charge < -0.3 is 5.11 Å². The quantitative estimate of drug-likeness (QED) is 0.750. The fraction of sp³-hybridized carbons (Fsp3) is 0.923. The SMILES string of the molecule is O=C(O)C1CCCN1CC1CCCCCC1. The van der Waals surface area contributed by atoms with E-state index in [0.29, 0.717) is 0 Å². The predicted octanol–water partition coefficient (Wildman–Crippen LogP) is 2.51. The van der Waals surface area contributed by atoms with Gasteiger partial charge in [0.25, 0.3) is 0 Å². The number of hydrogen-bond donors (Lipinski definition) is 1. The molecule has 1 aliphatic carbocycles. The lowest BCUT2D eigenvalue weighted by Gasteiger charge is -2.26. The summed E-state index contributed by atoms with van der Waals surface area (Å²) in [5, 5.41) is 9.13. The van der Waals surface area contributed by atoms with E-state index in [0.717, 1.165) is 31.8 Å². The van der Waals surface area contributed by atoms with E-state index in [1.807, 2.05) is 0 Å². The molecule has 3 nitrogen and oxygen atoms in total. The molecule has 3 heteroatoms. The molecular formula is C13H23NO2. The van der Waals surface area contributed by atoms with Crippen molar-refractivity contribution in [3.63, 3.8) is 0 Å². The summed E-state index contributed by atoms with van der Waals surface area (Å²) < 4.78 is 0. The highest BCUT2D eigenvalue weighted by molar-refractivity contribution is 5.73. The van der Waals surface area contributed by atoms with Gasteiger partial charge in [0.1, 0.15) is 6.04 Å². The lowest BCUT2D eigenvalue weighted by atomic mass is 9.99. The molecule has 2 aliphatic rings. The molecule has 1 heterocycles. The Hall–Kier alpha value is -0.570. The summed E-state index contributed by atoms with van der Waals surface area (Å²) in [6, 6.07) is -0.191. The van der Waals surface area contributed by atoms with Crippen molar-refractivity contribution >= 4 is 5.97 Å². The molecule has 2 fully saturated rings. The summed E-state index contributed by atoms with van der Waals surface area (Å²) in [6.07, 6.45) is 9.96. The highest BCUT2D eigenvalue weighted by Gasteiger charge is 2.31. The Morgan fingerprint density at radius 1 is 1.06 bits per heavy atom. The third-order valence-electron chi connectivity index (χ3n) is 4.12. The van der Waals surface area contributed by atoms with Gasteiger partial charge in [0.15, 0.2) is 0 Å². The van der Waals surface area contributed by atoms with Crippen molar-refractivity contribution in [2.45, 2.75) is 57.4 Å². The van der Waals surface area contributed by atoms with Gasteiger partial charge in [-0.2, -0.15) is 0 Å². The highest BCUT2D eigenvalue weighted by atomic mass is 16.4. The van der Waals surface area contributed by atoms with E-state index in [2.05, 4.69) is 4.90 Å². The van der Waals surface area contributed by atoms with Crippen LogP contribution < -0.4 is 0 Å². The molecule has 0 aromatic heterocycles. The van der Waals surface area contributed by atoms with Crippen LogP contribution >= 0.6 is 0 Å². The molecule has 0 aromatic rings. The number of carboxylic acid groups (broad SMARTS) is 1. The van der Waals surface area contributed by atoms with Gasteiger partial charge in [-0.25, -0.2) is 0 Å². The summed E-state index contributed by atoms with van der Waals surface area (Å²) in [5.41, 5.74) is 0. The second kappa shape index (κ2) is 5.67. The fourth-order valence-corrected chi connectivity index (χ4v) is 3.20. The molecule has 0 amide bonds. The Morgan fingerprint density at radius 3 is 2.38 bits per heavy atom. The third kappa shape index (κ3) is 2.97. The van der Waals surface area contributed by atoms with E-state index in [9.17, 15) is 4.79 Å². The summed E-state index contributed by atoms with van der Waals surface area (Å²) in [7, 11) is 0. The predicted molar refractivity (Wildman–Crippen MR) is 63.4 cm³/mol. The first-order valence-electron chi connectivity index (χ1n) is 6.74. The minimum absolute atomic E-state index is 0.191. The Morgan fingerprint density at radius 2 is 1.75 bits per heavy atom. The van der Waals surface area contributed by atoms with Crippen molar-refractivity contribution < 1.29 is 9.90 Å². The molecule has 1 saturated carbocycles. The molecule has 1 saturated heterocycles. The number of carbonyl (C=O) groups is 1. The molecule has 0 bridgehead atoms. The summed E-state index contributed by atoms with van der Waals surface area (Å²) in [5.74, 6) is 0.133. The van der Waals surface area contributed by atoms with Gasteiger partial charge >= 0.3 is 5.97 Å². The van der Waals surface area contributed by atoms with Crippen LogP contribution in [0.3, 0.4) is 0 Å². The summed E-state index contributed by atoms with van der Waals surface area (Å²) in [6.45, 7) is 2.02. The molecular weight excluding hydrogens is 202 g/mol. The van der Waals surface area contributed by atoms with Crippen molar-refractivity contribution in [2.75, 3.05) is 13.1 Å². The second-order valence-corrected chi connectivity index (χ2v) is 5.35. The second-order valence-electron chi connectivity index (χ2n) is 5.35. The molecule has 1 atom stereocenters. The van der Waals surface area contributed by atoms with Crippen LogP contribution in [0.5, 0.6) is 0 Å². The number of aliphatic carboxylic acids is 1. The van der Waals surface area contributed by atoms with Gasteiger partial charge in [0.05, 0.1) is 0 Å². The first kappa shape index (κ1) is 11.9. The first-order chi connectivity index (χ1) is 7.77. The van der Waals surface area contributed by atoms with Gasteiger partial charge in [-0.15, -0.1) is 0 Å². The van der Waals surface area contributed by atoms with Crippen LogP contribution in [0.25, 0.3) is 0 Å². The Kier molecular flexibility index (Phi) is 4.22. The zero-order chi connectivity index (χ0) is 11.4. The Labute approximate surface area is 97.8 Å². The van der Waals surface area contributed by atoms with E-state index < -0.39 is 5.97 Å². The monoisotopic (exact) mass is 225 g/mol. The van der Waals surface area contributed by atoms with E-state index in [1.165, 1.54) is 38.5 Å². The normalized spacial score (nSPS) is 29.1. The zero-order valence-electron chi connectivity index (χ0n) is 10.0. The molecule has 1 N–H and O–H groups in total. The number of nitrogens with zero attached hydrogens (tertiary/aromatic N) is 1. The van der Waals surface area contributed by atoms with Crippen molar-refractivity contribution in [3.8, 4) is 0 Å². The number of hydrogen-bond acceptors (Lipinski definition) is 2. The van der Waals surface area contributed by atoms with Gasteiger partial charge in [-0.05, 0) is 38.1 Å². The smallest absolute Gasteiger partial charge is 0.320 e. The van der Waals surface area contributed by atoms with Crippen LogP contribution in [-0.4, -0.2) is 35.1 Å². The van der Waals surface area contributed by atoms with E-state index in [4.69, 9.17) is 5.11 Å². The number of carboxylic acids is 1. The molecule has 16 heavy (non-hydrogen) atoms. The molecule has 0 radical (unpaired) electrons. The van der Waals surface area contributed by atoms with Gasteiger partial charge in [-0.3, -0.25) is 9.69 Å². The topological polar surface area (TPSA) is 40.5 Å². The Bertz CT molecular complexity index is 234. The van der Waals surface area contributed by atoms with Crippen LogP contribution in [0.2, 0.25) is 0 Å². The molecule has 0 spiro atoms. The summed E-state index contributed by atoms with van der Waals surface area (Å²) in [4.78, 5) is 13.3. The van der Waals surface area contributed by atoms with Crippen LogP contribution in [0.1, 0.15) is 51.4 Å². The van der Waals surface area contributed by atoms with Gasteiger partial charge in [0, 0.05) is 6.54 Å². The van der Waals surface area contributed by atoms with Crippen molar-refractivity contribution in [1.82, 2.24) is 4.90 Å². The molecule has 0 aromatic carbocycles. The largest absolute Gasteiger partial charge is 0.480 e. The minimum Gasteiger partial charge on any atom is -0.480 e. The minimum atomic E-state index is -0.619. The van der Waals surface area contributed by atoms with Gasteiger partial charge in [-0.1, -0.05) is 25.7 Å². The average molecular weight is 225 g/mol. The van der Waals surface area contributed by atoms with Crippen LogP contribution in [0.4, 0.5) is 0 Å². The van der Waals surface area contributed by atoms with E-state index >= 15 is 0 Å². The fourth-order valence-electron chi connectivity index (χ4n) is 3.20. The lowest BCUT2D eigenvalue weighted by molar-refractivity contribution is -0.142. The van der Waals surface area contributed by atoms with Crippen LogP contribution in [0.15, 0.2) is 0 Å². The van der Waals surface area contributed by atoms with Gasteiger partial charge in [0.2, 0.25) is 0 Å². The average Bonchev–Trinajstić information content (AvgIpc) is 2.55. The van der Waals surface area contributed by atoms with E-state index in [1.54, 1.807) is 0 Å². The Balaban J connectivity index is 1.85. The van der Waals surface area contributed by atoms with Crippen molar-refractivity contribution in [1.29, 1.82) is 0 Å². The maximum Gasteiger partial charge on any atom is 0.320 e. The lowest BCUT2D eigenvalue weighted by Crippen LogP contribution is -2.39. The summed E-state index contributed by atoms with van der Waals surface area (Å²) >= 11 is 0. The number of rotatable bonds is 3. The number of likely N-dealkylation sites (tertiary alicyclic amines) is 1. The zero-order valence-corrected chi connectivity index (χ0v) is 10.0. The van der Waals surface area contributed by atoms with Crippen LogP contribution in [0, 0.1) is 5.92 Å². The maximum atomic E-state index is 11.1. The van der Waals surface area contributed by atoms with E-state index in [-0.39, 0.29) is 6.04 Å². The first-order valence-corrected chi connectivity index (χ1v) is 6.74. The highest BCUT2D eigenvalue weighted by Crippen LogP contribution is 2.26. The molecule has 2 rings (SSSR count).